The molecule has 0 heterocycles. The standard InChI is InChI=1S/3C2H8O3P2.3Na.3H/c3*3-7(4,5)2-1-6;;;;;;/h3*1-2,6H2,(H2,3,4,5);;;;;;. The third kappa shape index (κ3) is 63.2. The van der Waals surface area contributed by atoms with Crippen LogP contribution < -0.4 is 0 Å². The van der Waals surface area contributed by atoms with Gasteiger partial charge in [0.25, 0.3) is 0 Å². The molecule has 6 N–H and O–H groups in total. The minimum absolute atomic E-state index is 0. The molecule has 0 aliphatic carbocycles. The molecule has 24 heavy (non-hydrogen) atoms. The summed E-state index contributed by atoms with van der Waals surface area (Å²) in [4.78, 5) is 48.7. The minimum atomic E-state index is -3.69. The van der Waals surface area contributed by atoms with Gasteiger partial charge in [0.15, 0.2) is 0 Å². The number of rotatable bonds is 6. The molecule has 0 spiro atoms. The van der Waals surface area contributed by atoms with E-state index in [-0.39, 0.29) is 107 Å². The first-order valence-corrected chi connectivity index (χ1v) is 13.3. The Kier molecular flexibility index (Phi) is 42.8. The molecule has 0 radical (unpaired) electrons. The summed E-state index contributed by atoms with van der Waals surface area (Å²) in [5.74, 6) is 0. The molecule has 0 aromatic carbocycles. The second-order valence-corrected chi connectivity index (χ2v) is 10.6. The van der Waals surface area contributed by atoms with Crippen LogP contribution in [0.3, 0.4) is 0 Å². The van der Waals surface area contributed by atoms with Gasteiger partial charge in [-0.15, -0.1) is 27.7 Å². The van der Waals surface area contributed by atoms with E-state index in [1.165, 1.54) is 0 Å². The van der Waals surface area contributed by atoms with Crippen molar-refractivity contribution in [2.24, 2.45) is 0 Å². The second-order valence-electron chi connectivity index (χ2n) is 3.53. The van der Waals surface area contributed by atoms with Crippen molar-refractivity contribution in [2.75, 3.05) is 37.0 Å². The Morgan fingerprint density at radius 3 is 0.625 bits per heavy atom. The van der Waals surface area contributed by atoms with Crippen LogP contribution in [0.2, 0.25) is 0 Å². The Morgan fingerprint density at radius 1 is 0.500 bits per heavy atom. The Bertz CT molecular complexity index is 325. The summed E-state index contributed by atoms with van der Waals surface area (Å²) in [7, 11) is -4.31. The molecule has 138 valence electrons. The fourth-order valence-corrected chi connectivity index (χ4v) is 4.54. The third-order valence-electron chi connectivity index (χ3n) is 1.26. The SMILES string of the molecule is O=P(O)(O)CCP.O=P(O)(O)CCP.O=P(O)(O)CCP.[NaH].[NaH].[NaH]. The van der Waals surface area contributed by atoms with Crippen molar-refractivity contribution >= 4 is 139 Å². The first-order chi connectivity index (χ1) is 9.18. The zero-order chi connectivity index (χ0) is 17.7. The van der Waals surface area contributed by atoms with Crippen LogP contribution in [0.4, 0.5) is 0 Å². The normalized spacial score (nSPS) is 10.4. The van der Waals surface area contributed by atoms with Gasteiger partial charge in [-0.05, 0) is 18.5 Å². The van der Waals surface area contributed by atoms with Gasteiger partial charge in [-0.1, -0.05) is 0 Å². The fraction of sp³-hybridized carbons (Fsp3) is 1.00. The summed E-state index contributed by atoms with van der Waals surface area (Å²) in [6.07, 6.45) is 1.30. The van der Waals surface area contributed by atoms with Gasteiger partial charge in [-0.2, -0.15) is 0 Å². The van der Waals surface area contributed by atoms with Crippen LogP contribution >= 0.6 is 50.5 Å². The zero-order valence-corrected chi connectivity index (χ0v) is 17.4. The van der Waals surface area contributed by atoms with Crippen LogP contribution in [0, 0.1) is 0 Å². The Balaban J connectivity index is -0.0000000476. The van der Waals surface area contributed by atoms with Crippen LogP contribution in [0.5, 0.6) is 0 Å². The van der Waals surface area contributed by atoms with Crippen LogP contribution in [0.15, 0.2) is 0 Å². The van der Waals surface area contributed by atoms with E-state index in [0.29, 0.717) is 18.5 Å². The second kappa shape index (κ2) is 24.0. The molecule has 0 aliphatic heterocycles. The Hall–Kier alpha value is 4.74. The van der Waals surface area contributed by atoms with E-state index in [1.807, 2.05) is 0 Å². The van der Waals surface area contributed by atoms with Crippen LogP contribution in [-0.2, 0) is 13.7 Å². The van der Waals surface area contributed by atoms with Gasteiger partial charge in [-0.3, -0.25) is 13.7 Å². The predicted octanol–water partition coefficient (Wildman–Crippen LogP) is -1.83. The molecule has 0 saturated heterocycles. The molecule has 0 saturated carbocycles. The van der Waals surface area contributed by atoms with E-state index >= 15 is 0 Å². The van der Waals surface area contributed by atoms with Gasteiger partial charge in [0.05, 0.1) is 18.5 Å². The molecule has 3 atom stereocenters. The maximum atomic E-state index is 9.91. The van der Waals surface area contributed by atoms with E-state index in [1.54, 1.807) is 0 Å². The van der Waals surface area contributed by atoms with Gasteiger partial charge in [0.2, 0.25) is 0 Å². The Morgan fingerprint density at radius 2 is 0.625 bits per heavy atom. The molecule has 0 aromatic heterocycles. The van der Waals surface area contributed by atoms with Gasteiger partial charge >= 0.3 is 111 Å². The molecule has 0 fully saturated rings. The van der Waals surface area contributed by atoms with Crippen molar-refractivity contribution in [2.45, 2.75) is 0 Å². The first-order valence-electron chi connectivity index (χ1n) is 5.42. The summed E-state index contributed by atoms with van der Waals surface area (Å²) in [6, 6.07) is 0. The van der Waals surface area contributed by atoms with Crippen molar-refractivity contribution in [3.8, 4) is 0 Å². The molecular formula is C6H27Na3O9P6. The van der Waals surface area contributed by atoms with Crippen LogP contribution in [0.1, 0.15) is 0 Å². The summed E-state index contributed by atoms with van der Waals surface area (Å²) in [6.45, 7) is 0. The summed E-state index contributed by atoms with van der Waals surface area (Å²) in [5, 5.41) is 0. The first kappa shape index (κ1) is 42.8. The van der Waals surface area contributed by atoms with E-state index in [0.717, 1.165) is 0 Å². The predicted molar refractivity (Wildman–Crippen MR) is 116 cm³/mol. The summed E-state index contributed by atoms with van der Waals surface area (Å²) >= 11 is 0. The van der Waals surface area contributed by atoms with Gasteiger partial charge in [0, 0.05) is 0 Å². The maximum absolute atomic E-state index is 9.91. The monoisotopic (exact) mass is 498 g/mol. The molecule has 9 nitrogen and oxygen atoms in total. The summed E-state index contributed by atoms with van der Waals surface area (Å²) in [5.41, 5.74) is 0. The topological polar surface area (TPSA) is 173 Å². The molecule has 0 amide bonds. The molecular weight excluding hydrogens is 471 g/mol. The van der Waals surface area contributed by atoms with Crippen molar-refractivity contribution in [1.29, 1.82) is 0 Å². The van der Waals surface area contributed by atoms with E-state index in [9.17, 15) is 13.7 Å². The third-order valence-corrected chi connectivity index (χ3v) is 6.11. The molecule has 0 aliphatic rings. The Labute approximate surface area is 216 Å². The summed E-state index contributed by atoms with van der Waals surface area (Å²) < 4.78 is 29.7. The zero-order valence-electron chi connectivity index (χ0n) is 11.2. The van der Waals surface area contributed by atoms with Crippen molar-refractivity contribution in [1.82, 2.24) is 0 Å². The molecule has 18 heteroatoms. The molecule has 0 aromatic rings. The average molecular weight is 498 g/mol. The molecule has 0 bridgehead atoms. The van der Waals surface area contributed by atoms with Crippen molar-refractivity contribution in [3.63, 3.8) is 0 Å². The van der Waals surface area contributed by atoms with Crippen LogP contribution in [-0.4, -0.2) is 155 Å². The van der Waals surface area contributed by atoms with Crippen molar-refractivity contribution < 1.29 is 43.1 Å². The molecule has 0 rings (SSSR count). The van der Waals surface area contributed by atoms with Gasteiger partial charge in [-0.25, -0.2) is 0 Å². The van der Waals surface area contributed by atoms with Gasteiger partial charge < -0.3 is 29.4 Å². The van der Waals surface area contributed by atoms with Crippen molar-refractivity contribution in [3.05, 3.63) is 0 Å². The fourth-order valence-electron chi connectivity index (χ4n) is 0.505. The number of hydrogen-bond donors (Lipinski definition) is 6. The number of hydrogen-bond acceptors (Lipinski definition) is 3. The van der Waals surface area contributed by atoms with E-state index < -0.39 is 22.8 Å². The van der Waals surface area contributed by atoms with Crippen LogP contribution in [0.25, 0.3) is 0 Å². The van der Waals surface area contributed by atoms with E-state index in [4.69, 9.17) is 29.4 Å². The molecule has 3 unspecified atom stereocenters. The quantitative estimate of drug-likeness (QED) is 0.182. The van der Waals surface area contributed by atoms with Gasteiger partial charge in [0.1, 0.15) is 0 Å². The average Bonchev–Trinajstić information content (AvgIpc) is 2.12. The van der Waals surface area contributed by atoms with E-state index in [2.05, 4.69) is 27.7 Å².